The first-order valence-electron chi connectivity index (χ1n) is 11.2. The lowest BCUT2D eigenvalue weighted by molar-refractivity contribution is -0.137. The number of nitrogens with zero attached hydrogens (tertiary/aromatic N) is 2. The summed E-state index contributed by atoms with van der Waals surface area (Å²) in [5, 5.41) is 27.5. The zero-order valence-corrected chi connectivity index (χ0v) is 18.1. The van der Waals surface area contributed by atoms with E-state index in [1.54, 1.807) is 18.7 Å². The zero-order valence-electron chi connectivity index (χ0n) is 17.3. The van der Waals surface area contributed by atoms with Crippen molar-refractivity contribution in [1.29, 1.82) is 5.26 Å². The number of nitrogens with one attached hydrogen (secondary N) is 1. The number of amides is 1. The molecule has 6 rings (SSSR count). The van der Waals surface area contributed by atoms with E-state index in [1.807, 2.05) is 0 Å². The minimum absolute atomic E-state index is 0.0870. The average molecular weight is 432 g/mol. The summed E-state index contributed by atoms with van der Waals surface area (Å²) in [5.41, 5.74) is -0.520. The largest absolute Gasteiger partial charge is 0.473 e. The van der Waals surface area contributed by atoms with E-state index in [2.05, 4.69) is 16.5 Å². The van der Waals surface area contributed by atoms with Gasteiger partial charge in [-0.2, -0.15) is 5.26 Å². The van der Waals surface area contributed by atoms with Gasteiger partial charge in [-0.05, 0) is 74.8 Å². The first kappa shape index (κ1) is 20.2. The van der Waals surface area contributed by atoms with Crippen molar-refractivity contribution in [3.63, 3.8) is 0 Å². The second-order valence-corrected chi connectivity index (χ2v) is 11.2. The zero-order chi connectivity index (χ0) is 20.9. The summed E-state index contributed by atoms with van der Waals surface area (Å²) in [4.78, 5) is 13.9. The van der Waals surface area contributed by atoms with Crippen LogP contribution in [0.4, 0.5) is 0 Å². The van der Waals surface area contributed by atoms with E-state index in [4.69, 9.17) is 14.5 Å². The molecule has 4 bridgehead atoms. The lowest BCUT2D eigenvalue weighted by Crippen LogP contribution is -2.61. The molecule has 30 heavy (non-hydrogen) atoms. The second-order valence-electron chi connectivity index (χ2n) is 9.85. The average Bonchev–Trinajstić information content (AvgIpc) is 3.06. The van der Waals surface area contributed by atoms with Gasteiger partial charge >= 0.3 is 0 Å². The molecule has 5 fully saturated rings. The number of carbonyl (C=O) groups excluding carboxylic acids is 1. The van der Waals surface area contributed by atoms with E-state index in [-0.39, 0.29) is 30.2 Å². The van der Waals surface area contributed by atoms with Crippen LogP contribution in [-0.4, -0.2) is 39.7 Å². The van der Waals surface area contributed by atoms with Crippen LogP contribution in [-0.2, 0) is 0 Å². The van der Waals surface area contributed by atoms with Crippen molar-refractivity contribution < 1.29 is 19.2 Å². The fourth-order valence-electron chi connectivity index (χ4n) is 5.94. The molecule has 5 saturated carbocycles. The van der Waals surface area contributed by atoms with Gasteiger partial charge < -0.3 is 19.7 Å². The SMILES string of the molecule is CC(C#N)COc1noc(C(=O)NC2C3CC4CC2CC(O)(C4)C3)c1SC1CCC1. The molecule has 5 aliphatic carbocycles. The Morgan fingerprint density at radius 3 is 2.73 bits per heavy atom. The van der Waals surface area contributed by atoms with Gasteiger partial charge in [0.1, 0.15) is 11.5 Å². The standard InChI is InChI=1S/C22H29N3O4S/c1-12(10-23)11-28-21-19(30-16-3-2-4-16)18(29-25-21)20(26)24-17-14-5-13-6-15(17)9-22(27,7-13)8-14/h12-17,27H,2-9,11H2,1H3,(H,24,26). The van der Waals surface area contributed by atoms with E-state index in [9.17, 15) is 9.90 Å². The van der Waals surface area contributed by atoms with Gasteiger partial charge in [-0.3, -0.25) is 4.79 Å². The molecule has 1 amide bonds. The molecule has 8 heteroatoms. The molecule has 5 aliphatic rings. The molecule has 1 aromatic rings. The summed E-state index contributed by atoms with van der Waals surface area (Å²) in [6, 6.07) is 2.23. The van der Waals surface area contributed by atoms with E-state index in [0.717, 1.165) is 44.9 Å². The normalized spacial score (nSPS) is 35.5. The maximum atomic E-state index is 13.2. The van der Waals surface area contributed by atoms with Gasteiger partial charge in [-0.15, -0.1) is 11.8 Å². The van der Waals surface area contributed by atoms with Crippen molar-refractivity contribution in [2.45, 2.75) is 80.1 Å². The lowest BCUT2D eigenvalue weighted by atomic mass is 9.52. The third kappa shape index (κ3) is 3.71. The Hall–Kier alpha value is -1.72. The Morgan fingerprint density at radius 2 is 2.13 bits per heavy atom. The quantitative estimate of drug-likeness (QED) is 0.680. The van der Waals surface area contributed by atoms with Crippen LogP contribution in [0.25, 0.3) is 0 Å². The third-order valence-corrected chi connectivity index (χ3v) is 8.79. The molecule has 162 valence electrons. The van der Waals surface area contributed by atoms with E-state index in [0.29, 0.717) is 33.8 Å². The van der Waals surface area contributed by atoms with Gasteiger partial charge in [-0.25, -0.2) is 0 Å². The van der Waals surface area contributed by atoms with Crippen molar-refractivity contribution in [2.24, 2.45) is 23.7 Å². The highest BCUT2D eigenvalue weighted by molar-refractivity contribution is 8.00. The van der Waals surface area contributed by atoms with E-state index < -0.39 is 5.60 Å². The Balaban J connectivity index is 1.32. The Kier molecular flexibility index (Phi) is 5.22. The first-order valence-corrected chi connectivity index (χ1v) is 12.0. The predicted octanol–water partition coefficient (Wildman–Crippen LogP) is 3.53. The molecule has 2 N–H and O–H groups in total. The second kappa shape index (κ2) is 7.76. The molecule has 3 atom stereocenters. The van der Waals surface area contributed by atoms with Gasteiger partial charge in [0.05, 0.1) is 17.6 Å². The van der Waals surface area contributed by atoms with Crippen LogP contribution in [0, 0.1) is 35.0 Å². The van der Waals surface area contributed by atoms with Crippen LogP contribution in [0.3, 0.4) is 0 Å². The molecule has 0 aliphatic heterocycles. The highest BCUT2D eigenvalue weighted by atomic mass is 32.2. The number of carbonyl (C=O) groups is 1. The first-order chi connectivity index (χ1) is 14.4. The Morgan fingerprint density at radius 1 is 1.40 bits per heavy atom. The summed E-state index contributed by atoms with van der Waals surface area (Å²) < 4.78 is 11.2. The molecule has 0 spiro atoms. The summed E-state index contributed by atoms with van der Waals surface area (Å²) in [5.74, 6) is 1.30. The third-order valence-electron chi connectivity index (χ3n) is 7.39. The molecular weight excluding hydrogens is 402 g/mol. The maximum Gasteiger partial charge on any atom is 0.291 e. The Labute approximate surface area is 180 Å². The number of hydrogen-bond donors (Lipinski definition) is 2. The number of hydrogen-bond acceptors (Lipinski definition) is 7. The van der Waals surface area contributed by atoms with E-state index >= 15 is 0 Å². The van der Waals surface area contributed by atoms with Gasteiger partial charge in [0.25, 0.3) is 11.8 Å². The van der Waals surface area contributed by atoms with Crippen molar-refractivity contribution in [3.05, 3.63) is 5.76 Å². The number of aliphatic hydroxyl groups is 1. The molecule has 0 saturated heterocycles. The molecule has 1 heterocycles. The molecule has 3 unspecified atom stereocenters. The minimum atomic E-state index is -0.520. The van der Waals surface area contributed by atoms with Gasteiger partial charge in [0.15, 0.2) is 0 Å². The smallest absolute Gasteiger partial charge is 0.291 e. The molecule has 1 aromatic heterocycles. The van der Waals surface area contributed by atoms with Crippen molar-refractivity contribution in [2.75, 3.05) is 6.61 Å². The lowest BCUT2D eigenvalue weighted by Gasteiger charge is -2.58. The molecule has 0 radical (unpaired) electrons. The number of aromatic nitrogens is 1. The van der Waals surface area contributed by atoms with Gasteiger partial charge in [0.2, 0.25) is 5.76 Å². The number of nitriles is 1. The maximum absolute atomic E-state index is 13.2. The fraction of sp³-hybridized carbons (Fsp3) is 0.773. The summed E-state index contributed by atoms with van der Waals surface area (Å²) >= 11 is 1.60. The van der Waals surface area contributed by atoms with Crippen LogP contribution < -0.4 is 10.1 Å². The number of rotatable bonds is 7. The minimum Gasteiger partial charge on any atom is -0.473 e. The van der Waals surface area contributed by atoms with Crippen LogP contribution in [0.2, 0.25) is 0 Å². The van der Waals surface area contributed by atoms with Crippen LogP contribution in [0.1, 0.15) is 68.8 Å². The van der Waals surface area contributed by atoms with Crippen LogP contribution >= 0.6 is 11.8 Å². The summed E-state index contributed by atoms with van der Waals surface area (Å²) in [7, 11) is 0. The van der Waals surface area contributed by atoms with E-state index in [1.165, 1.54) is 6.42 Å². The number of thioether (sulfide) groups is 1. The predicted molar refractivity (Wildman–Crippen MR) is 110 cm³/mol. The highest BCUT2D eigenvalue weighted by Gasteiger charge is 2.55. The molecule has 0 aromatic carbocycles. The van der Waals surface area contributed by atoms with Crippen molar-refractivity contribution >= 4 is 17.7 Å². The van der Waals surface area contributed by atoms with Crippen LogP contribution in [0.5, 0.6) is 5.88 Å². The topological polar surface area (TPSA) is 108 Å². The molecule has 7 nitrogen and oxygen atoms in total. The molecular formula is C22H29N3O4S. The van der Waals surface area contributed by atoms with Crippen molar-refractivity contribution in [3.8, 4) is 11.9 Å². The highest BCUT2D eigenvalue weighted by Crippen LogP contribution is 2.55. The monoisotopic (exact) mass is 431 g/mol. The van der Waals surface area contributed by atoms with Crippen LogP contribution in [0.15, 0.2) is 9.42 Å². The summed E-state index contributed by atoms with van der Waals surface area (Å²) in [6.45, 7) is 2.00. The van der Waals surface area contributed by atoms with Gasteiger partial charge in [-0.1, -0.05) is 6.42 Å². The van der Waals surface area contributed by atoms with Gasteiger partial charge in [0, 0.05) is 11.3 Å². The summed E-state index contributed by atoms with van der Waals surface area (Å²) in [6.07, 6.45) is 8.08. The fourth-order valence-corrected chi connectivity index (χ4v) is 7.27. The number of ether oxygens (including phenoxy) is 1. The Bertz CT molecular complexity index is 845. The van der Waals surface area contributed by atoms with Crippen molar-refractivity contribution in [1.82, 2.24) is 10.5 Å².